The van der Waals surface area contributed by atoms with E-state index in [1.807, 2.05) is 4.90 Å². The van der Waals surface area contributed by atoms with E-state index in [0.29, 0.717) is 12.5 Å². The highest BCUT2D eigenvalue weighted by atomic mass is 19.4. The number of hydrogen-bond donors (Lipinski definition) is 1. The van der Waals surface area contributed by atoms with E-state index >= 15 is 0 Å². The lowest BCUT2D eigenvalue weighted by Crippen LogP contribution is -2.43. The predicted molar refractivity (Wildman–Crippen MR) is 77.9 cm³/mol. The van der Waals surface area contributed by atoms with Crippen LogP contribution in [0.3, 0.4) is 0 Å². The molecule has 2 aromatic heterocycles. The second kappa shape index (κ2) is 6.35. The topological polar surface area (TPSA) is 66.8 Å². The minimum absolute atomic E-state index is 0.0133. The number of halogens is 3. The summed E-state index contributed by atoms with van der Waals surface area (Å²) in [5.74, 6) is 0.601. The third-order valence-electron chi connectivity index (χ3n) is 3.54. The van der Waals surface area contributed by atoms with Crippen LogP contribution in [0, 0.1) is 0 Å². The van der Waals surface area contributed by atoms with Crippen molar-refractivity contribution >= 4 is 11.9 Å². The van der Waals surface area contributed by atoms with E-state index in [-0.39, 0.29) is 12.0 Å². The molecular weight excluding hydrogens is 309 g/mol. The maximum Gasteiger partial charge on any atom is 0.433 e. The molecule has 0 amide bonds. The van der Waals surface area contributed by atoms with Crippen LogP contribution >= 0.6 is 0 Å². The van der Waals surface area contributed by atoms with Crippen LogP contribution in [-0.4, -0.2) is 39.1 Å². The van der Waals surface area contributed by atoms with Gasteiger partial charge in [0, 0.05) is 37.7 Å². The van der Waals surface area contributed by atoms with Crippen LogP contribution < -0.4 is 10.2 Å². The van der Waals surface area contributed by atoms with Crippen LogP contribution in [-0.2, 0) is 6.18 Å². The van der Waals surface area contributed by atoms with E-state index < -0.39 is 11.9 Å². The van der Waals surface area contributed by atoms with Crippen molar-refractivity contribution in [2.24, 2.45) is 0 Å². The highest BCUT2D eigenvalue weighted by Crippen LogP contribution is 2.28. The van der Waals surface area contributed by atoms with Crippen molar-refractivity contribution in [1.29, 1.82) is 0 Å². The molecule has 3 rings (SSSR count). The second-order valence-corrected chi connectivity index (χ2v) is 5.24. The first kappa shape index (κ1) is 15.4. The number of alkyl halides is 3. The average molecular weight is 324 g/mol. The van der Waals surface area contributed by atoms with Gasteiger partial charge < -0.3 is 10.2 Å². The highest BCUT2D eigenvalue weighted by molar-refractivity contribution is 5.34. The lowest BCUT2D eigenvalue weighted by molar-refractivity contribution is -0.141. The van der Waals surface area contributed by atoms with Crippen LogP contribution in [0.2, 0.25) is 0 Å². The Morgan fingerprint density at radius 2 is 1.91 bits per heavy atom. The molecule has 9 heteroatoms. The zero-order valence-corrected chi connectivity index (χ0v) is 12.2. The van der Waals surface area contributed by atoms with E-state index in [1.165, 1.54) is 0 Å². The van der Waals surface area contributed by atoms with Crippen LogP contribution in [0.4, 0.5) is 25.1 Å². The van der Waals surface area contributed by atoms with Gasteiger partial charge in [-0.3, -0.25) is 0 Å². The standard InChI is InChI=1S/C14H15F3N6/c15-14(16,17)11-4-7-18-12(22-11)21-10-3-1-8-23(9-10)13-19-5-2-6-20-13/h2,4-7,10H,1,3,8-9H2,(H,18,21,22)/t10-/m0/s1. The molecule has 1 fully saturated rings. The molecule has 1 aliphatic heterocycles. The van der Waals surface area contributed by atoms with Gasteiger partial charge in [-0.2, -0.15) is 13.2 Å². The van der Waals surface area contributed by atoms with E-state index in [4.69, 9.17) is 0 Å². The first-order valence-electron chi connectivity index (χ1n) is 7.21. The quantitative estimate of drug-likeness (QED) is 0.935. The molecule has 122 valence electrons. The maximum absolute atomic E-state index is 12.7. The van der Waals surface area contributed by atoms with Crippen molar-refractivity contribution in [1.82, 2.24) is 19.9 Å². The van der Waals surface area contributed by atoms with Crippen molar-refractivity contribution in [3.05, 3.63) is 36.4 Å². The summed E-state index contributed by atoms with van der Waals surface area (Å²) < 4.78 is 38.1. The molecule has 1 saturated heterocycles. The van der Waals surface area contributed by atoms with E-state index in [9.17, 15) is 13.2 Å². The molecule has 0 aromatic carbocycles. The summed E-state index contributed by atoms with van der Waals surface area (Å²) in [7, 11) is 0. The van der Waals surface area contributed by atoms with Gasteiger partial charge in [-0.1, -0.05) is 0 Å². The van der Waals surface area contributed by atoms with Gasteiger partial charge in [-0.15, -0.1) is 0 Å². The van der Waals surface area contributed by atoms with Gasteiger partial charge in [-0.25, -0.2) is 19.9 Å². The lowest BCUT2D eigenvalue weighted by atomic mass is 10.1. The van der Waals surface area contributed by atoms with Gasteiger partial charge in [0.1, 0.15) is 5.69 Å². The molecule has 0 bridgehead atoms. The van der Waals surface area contributed by atoms with E-state index in [2.05, 4.69) is 25.3 Å². The smallest absolute Gasteiger partial charge is 0.350 e. The molecule has 0 spiro atoms. The number of nitrogens with zero attached hydrogens (tertiary/aromatic N) is 5. The summed E-state index contributed by atoms with van der Waals surface area (Å²) in [6, 6.07) is 2.53. The Morgan fingerprint density at radius 3 is 2.65 bits per heavy atom. The second-order valence-electron chi connectivity index (χ2n) is 5.24. The molecule has 0 radical (unpaired) electrons. The Hall–Kier alpha value is -2.45. The number of hydrogen-bond acceptors (Lipinski definition) is 6. The zero-order valence-electron chi connectivity index (χ0n) is 12.2. The van der Waals surface area contributed by atoms with Gasteiger partial charge in [-0.05, 0) is 25.0 Å². The molecule has 1 atom stereocenters. The third kappa shape index (κ3) is 3.85. The van der Waals surface area contributed by atoms with Crippen LogP contribution in [0.15, 0.2) is 30.7 Å². The van der Waals surface area contributed by atoms with Crippen molar-refractivity contribution < 1.29 is 13.2 Å². The summed E-state index contributed by atoms with van der Waals surface area (Å²) in [5.41, 5.74) is -0.950. The Kier molecular flexibility index (Phi) is 4.26. The minimum atomic E-state index is -4.48. The normalized spacial score (nSPS) is 18.7. The fourth-order valence-corrected chi connectivity index (χ4v) is 2.50. The minimum Gasteiger partial charge on any atom is -0.350 e. The van der Waals surface area contributed by atoms with Gasteiger partial charge in [0.2, 0.25) is 11.9 Å². The monoisotopic (exact) mass is 324 g/mol. The van der Waals surface area contributed by atoms with E-state index in [0.717, 1.165) is 31.6 Å². The molecular formula is C14H15F3N6. The third-order valence-corrected chi connectivity index (χ3v) is 3.54. The summed E-state index contributed by atoms with van der Waals surface area (Å²) >= 11 is 0. The summed E-state index contributed by atoms with van der Waals surface area (Å²) in [6.45, 7) is 1.40. The number of anilines is 2. The molecule has 1 N–H and O–H groups in total. The van der Waals surface area contributed by atoms with Crippen LogP contribution in [0.5, 0.6) is 0 Å². The van der Waals surface area contributed by atoms with Crippen molar-refractivity contribution in [2.75, 3.05) is 23.3 Å². The Balaban J connectivity index is 1.68. The molecule has 0 unspecified atom stereocenters. The van der Waals surface area contributed by atoms with Crippen LogP contribution in [0.25, 0.3) is 0 Å². The largest absolute Gasteiger partial charge is 0.433 e. The highest BCUT2D eigenvalue weighted by Gasteiger charge is 2.33. The molecule has 23 heavy (non-hydrogen) atoms. The number of rotatable bonds is 3. The molecule has 6 nitrogen and oxygen atoms in total. The molecule has 0 aliphatic carbocycles. The van der Waals surface area contributed by atoms with Gasteiger partial charge >= 0.3 is 6.18 Å². The molecule has 3 heterocycles. The number of piperidine rings is 1. The maximum atomic E-state index is 12.7. The zero-order chi connectivity index (χ0) is 16.3. The van der Waals surface area contributed by atoms with Gasteiger partial charge in [0.15, 0.2) is 0 Å². The average Bonchev–Trinajstić information content (AvgIpc) is 2.55. The van der Waals surface area contributed by atoms with Gasteiger partial charge in [0.05, 0.1) is 0 Å². The van der Waals surface area contributed by atoms with Crippen molar-refractivity contribution in [3.8, 4) is 0 Å². The Bertz CT molecular complexity index is 648. The van der Waals surface area contributed by atoms with Crippen molar-refractivity contribution in [3.63, 3.8) is 0 Å². The summed E-state index contributed by atoms with van der Waals surface area (Å²) in [4.78, 5) is 17.8. The number of nitrogens with one attached hydrogen (secondary N) is 1. The summed E-state index contributed by atoms with van der Waals surface area (Å²) in [5, 5.41) is 2.97. The molecule has 1 aliphatic rings. The Labute approximate surface area is 130 Å². The van der Waals surface area contributed by atoms with Crippen molar-refractivity contribution in [2.45, 2.75) is 25.1 Å². The van der Waals surface area contributed by atoms with Crippen LogP contribution in [0.1, 0.15) is 18.5 Å². The Morgan fingerprint density at radius 1 is 1.13 bits per heavy atom. The first-order chi connectivity index (χ1) is 11.0. The fraction of sp³-hybridized carbons (Fsp3) is 0.429. The first-order valence-corrected chi connectivity index (χ1v) is 7.21. The lowest BCUT2D eigenvalue weighted by Gasteiger charge is -2.33. The molecule has 0 saturated carbocycles. The fourth-order valence-electron chi connectivity index (χ4n) is 2.50. The summed E-state index contributed by atoms with van der Waals surface area (Å²) in [6.07, 6.45) is 1.66. The predicted octanol–water partition coefficient (Wildman–Crippen LogP) is 2.37. The molecule has 2 aromatic rings. The number of aromatic nitrogens is 4. The SMILES string of the molecule is FC(F)(F)c1ccnc(N[C@H]2CCCN(c3ncccn3)C2)n1. The van der Waals surface area contributed by atoms with E-state index in [1.54, 1.807) is 18.5 Å². The van der Waals surface area contributed by atoms with Gasteiger partial charge in [0.25, 0.3) is 0 Å².